The molecule has 3 heteroatoms. The van der Waals surface area contributed by atoms with E-state index in [1.54, 1.807) is 6.07 Å². The molecule has 0 N–H and O–H groups in total. The monoisotopic (exact) mass is 284 g/mol. The summed E-state index contributed by atoms with van der Waals surface area (Å²) in [6.07, 6.45) is 4.58. The zero-order chi connectivity index (χ0) is 11.5. The maximum absolute atomic E-state index is 12.9. The number of Topliss-reactive ketones (excluding diaryl/α,β-unsaturated/α-hetero) is 1. The predicted molar refractivity (Wildman–Crippen MR) is 64.8 cm³/mol. The quantitative estimate of drug-likeness (QED) is 0.805. The second-order valence-electron chi connectivity index (χ2n) is 4.35. The highest BCUT2D eigenvalue weighted by atomic mass is 79.9. The Labute approximate surface area is 103 Å². The molecule has 86 valence electrons. The van der Waals surface area contributed by atoms with Crippen LogP contribution in [-0.2, 0) is 11.2 Å². The van der Waals surface area contributed by atoms with Crippen LogP contribution in [0.5, 0.6) is 0 Å². The second-order valence-corrected chi connectivity index (χ2v) is 5.20. The normalized spacial score (nSPS) is 21.1. The topological polar surface area (TPSA) is 17.1 Å². The van der Waals surface area contributed by atoms with Crippen molar-refractivity contribution < 1.29 is 9.18 Å². The predicted octanol–water partition coefficient (Wildman–Crippen LogP) is 3.89. The van der Waals surface area contributed by atoms with E-state index in [4.69, 9.17) is 0 Å². The Morgan fingerprint density at radius 2 is 2.19 bits per heavy atom. The Morgan fingerprint density at radius 1 is 1.38 bits per heavy atom. The molecule has 1 aromatic rings. The van der Waals surface area contributed by atoms with Crippen molar-refractivity contribution >= 4 is 21.7 Å². The van der Waals surface area contributed by atoms with Crippen LogP contribution in [0.25, 0.3) is 0 Å². The van der Waals surface area contributed by atoms with Crippen molar-refractivity contribution in [2.45, 2.75) is 32.1 Å². The smallest absolute Gasteiger partial charge is 0.136 e. The maximum atomic E-state index is 12.9. The Bertz CT molecular complexity index is 403. The Hall–Kier alpha value is -0.700. The summed E-state index contributed by atoms with van der Waals surface area (Å²) < 4.78 is 13.7. The van der Waals surface area contributed by atoms with Gasteiger partial charge >= 0.3 is 0 Å². The van der Waals surface area contributed by atoms with Crippen molar-refractivity contribution in [2.24, 2.45) is 5.92 Å². The van der Waals surface area contributed by atoms with Crippen LogP contribution in [0.1, 0.15) is 31.2 Å². The van der Waals surface area contributed by atoms with Gasteiger partial charge in [0, 0.05) is 16.8 Å². The highest BCUT2D eigenvalue weighted by molar-refractivity contribution is 9.10. The summed E-state index contributed by atoms with van der Waals surface area (Å²) in [7, 11) is 0. The Kier molecular flexibility index (Phi) is 3.74. The number of rotatable bonds is 2. The second kappa shape index (κ2) is 5.09. The van der Waals surface area contributed by atoms with Gasteiger partial charge in [0.05, 0.1) is 0 Å². The van der Waals surface area contributed by atoms with E-state index in [1.807, 2.05) is 0 Å². The average Bonchev–Trinajstić information content (AvgIpc) is 2.25. The SMILES string of the molecule is O=C1CCCCC1Cc1ccc(F)cc1Br. The molecule has 0 aliphatic heterocycles. The standard InChI is InChI=1S/C13H14BrFO/c14-12-8-11(15)6-5-9(12)7-10-3-1-2-4-13(10)16/h5-6,8,10H,1-4,7H2. The van der Waals surface area contributed by atoms with Gasteiger partial charge in [-0.2, -0.15) is 0 Å². The molecule has 1 aliphatic rings. The fourth-order valence-corrected chi connectivity index (χ4v) is 2.74. The summed E-state index contributed by atoms with van der Waals surface area (Å²) in [6, 6.07) is 4.68. The number of carbonyl (C=O) groups excluding carboxylic acids is 1. The van der Waals surface area contributed by atoms with Gasteiger partial charge in [0.2, 0.25) is 0 Å². The lowest BCUT2D eigenvalue weighted by molar-refractivity contribution is -0.124. The first-order chi connectivity index (χ1) is 7.66. The molecule has 1 fully saturated rings. The van der Waals surface area contributed by atoms with Gasteiger partial charge < -0.3 is 0 Å². The minimum atomic E-state index is -0.245. The maximum Gasteiger partial charge on any atom is 0.136 e. The van der Waals surface area contributed by atoms with E-state index in [1.165, 1.54) is 12.1 Å². The molecule has 2 rings (SSSR count). The largest absolute Gasteiger partial charge is 0.299 e. The molecule has 1 unspecified atom stereocenters. The van der Waals surface area contributed by atoms with Gasteiger partial charge in [-0.25, -0.2) is 4.39 Å². The number of hydrogen-bond donors (Lipinski definition) is 0. The number of carbonyl (C=O) groups is 1. The lowest BCUT2D eigenvalue weighted by Crippen LogP contribution is -2.21. The van der Waals surface area contributed by atoms with Crippen molar-refractivity contribution in [3.8, 4) is 0 Å². The van der Waals surface area contributed by atoms with Gasteiger partial charge in [-0.15, -0.1) is 0 Å². The van der Waals surface area contributed by atoms with Crippen LogP contribution in [0.4, 0.5) is 4.39 Å². The molecule has 0 bridgehead atoms. The minimum Gasteiger partial charge on any atom is -0.299 e. The van der Waals surface area contributed by atoms with Crippen molar-refractivity contribution in [1.29, 1.82) is 0 Å². The summed E-state index contributed by atoms with van der Waals surface area (Å²) in [4.78, 5) is 11.7. The van der Waals surface area contributed by atoms with Crippen LogP contribution in [0.2, 0.25) is 0 Å². The minimum absolute atomic E-state index is 0.135. The number of hydrogen-bond acceptors (Lipinski definition) is 1. The molecule has 1 aromatic carbocycles. The average molecular weight is 285 g/mol. The van der Waals surface area contributed by atoms with Gasteiger partial charge in [-0.3, -0.25) is 4.79 Å². The molecule has 1 atom stereocenters. The van der Waals surface area contributed by atoms with Gasteiger partial charge in [-0.1, -0.05) is 28.4 Å². The number of benzene rings is 1. The van der Waals surface area contributed by atoms with Crippen molar-refractivity contribution in [3.05, 3.63) is 34.1 Å². The van der Waals surface area contributed by atoms with E-state index < -0.39 is 0 Å². The van der Waals surface area contributed by atoms with E-state index in [9.17, 15) is 9.18 Å². The molecule has 1 saturated carbocycles. The molecule has 16 heavy (non-hydrogen) atoms. The first-order valence-corrected chi connectivity index (χ1v) is 6.43. The third-order valence-corrected chi connectivity index (χ3v) is 3.90. The first kappa shape index (κ1) is 11.8. The number of halogens is 2. The van der Waals surface area contributed by atoms with Crippen LogP contribution < -0.4 is 0 Å². The molecule has 0 spiro atoms. The zero-order valence-corrected chi connectivity index (χ0v) is 10.6. The van der Waals surface area contributed by atoms with E-state index in [-0.39, 0.29) is 11.7 Å². The van der Waals surface area contributed by atoms with Crippen LogP contribution in [0.15, 0.2) is 22.7 Å². The Morgan fingerprint density at radius 3 is 2.88 bits per heavy atom. The molecule has 0 saturated heterocycles. The van der Waals surface area contributed by atoms with Gasteiger partial charge in [-0.05, 0) is 37.0 Å². The van der Waals surface area contributed by atoms with Crippen molar-refractivity contribution in [2.75, 3.05) is 0 Å². The van der Waals surface area contributed by atoms with Gasteiger partial charge in [0.25, 0.3) is 0 Å². The summed E-state index contributed by atoms with van der Waals surface area (Å²) >= 11 is 3.34. The molecule has 0 radical (unpaired) electrons. The highest BCUT2D eigenvalue weighted by Crippen LogP contribution is 2.27. The molecular formula is C13H14BrFO. The van der Waals surface area contributed by atoms with Crippen LogP contribution in [0.3, 0.4) is 0 Å². The lowest BCUT2D eigenvalue weighted by Gasteiger charge is -2.20. The van der Waals surface area contributed by atoms with Crippen LogP contribution in [0, 0.1) is 11.7 Å². The summed E-state index contributed by atoms with van der Waals surface area (Å²) in [5, 5.41) is 0. The summed E-state index contributed by atoms with van der Waals surface area (Å²) in [6.45, 7) is 0. The van der Waals surface area contributed by atoms with E-state index in [0.29, 0.717) is 12.2 Å². The molecule has 0 aromatic heterocycles. The summed E-state index contributed by atoms with van der Waals surface area (Å²) in [5.74, 6) is 0.253. The third kappa shape index (κ3) is 2.70. The van der Waals surface area contributed by atoms with Crippen LogP contribution in [-0.4, -0.2) is 5.78 Å². The summed E-state index contributed by atoms with van der Waals surface area (Å²) in [5.41, 5.74) is 1.03. The molecular weight excluding hydrogens is 271 g/mol. The molecule has 1 nitrogen and oxygen atoms in total. The highest BCUT2D eigenvalue weighted by Gasteiger charge is 2.22. The van der Waals surface area contributed by atoms with E-state index >= 15 is 0 Å². The van der Waals surface area contributed by atoms with Crippen LogP contribution >= 0.6 is 15.9 Å². The molecule has 1 aliphatic carbocycles. The fraction of sp³-hybridized carbons (Fsp3) is 0.462. The first-order valence-electron chi connectivity index (χ1n) is 5.63. The Balaban J connectivity index is 2.10. The van der Waals surface area contributed by atoms with E-state index in [2.05, 4.69) is 15.9 Å². The van der Waals surface area contributed by atoms with Gasteiger partial charge in [0.1, 0.15) is 11.6 Å². The molecule has 0 amide bonds. The lowest BCUT2D eigenvalue weighted by atomic mass is 9.84. The zero-order valence-electron chi connectivity index (χ0n) is 9.01. The van der Waals surface area contributed by atoms with Gasteiger partial charge in [0.15, 0.2) is 0 Å². The van der Waals surface area contributed by atoms with Crippen molar-refractivity contribution in [1.82, 2.24) is 0 Å². The number of ketones is 1. The third-order valence-electron chi connectivity index (χ3n) is 3.16. The fourth-order valence-electron chi connectivity index (χ4n) is 2.22. The molecule has 0 heterocycles. The van der Waals surface area contributed by atoms with Crippen molar-refractivity contribution in [3.63, 3.8) is 0 Å². The van der Waals surface area contributed by atoms with E-state index in [0.717, 1.165) is 35.7 Å².